The lowest BCUT2D eigenvalue weighted by atomic mass is 9.89. The van der Waals surface area contributed by atoms with E-state index in [1.54, 1.807) is 0 Å². The summed E-state index contributed by atoms with van der Waals surface area (Å²) in [7, 11) is 0. The molecule has 1 aromatic heterocycles. The second-order valence-corrected chi connectivity index (χ2v) is 10.3. The normalized spacial score (nSPS) is 33.1. The first-order valence-electron chi connectivity index (χ1n) is 13.0. The maximum atomic E-state index is 13.2. The smallest absolute Gasteiger partial charge is 0.197 e. The third-order valence-electron chi connectivity index (χ3n) is 7.55. The summed E-state index contributed by atoms with van der Waals surface area (Å²) in [5.41, 5.74) is -1.66. The van der Waals surface area contributed by atoms with Gasteiger partial charge in [0.25, 0.3) is 0 Å². The summed E-state index contributed by atoms with van der Waals surface area (Å²) in [4.78, 5) is 13.2. The minimum Gasteiger partial charge on any atom is -0.507 e. The third kappa shape index (κ3) is 5.38. The van der Waals surface area contributed by atoms with Crippen molar-refractivity contribution in [2.24, 2.45) is 0 Å². The molecule has 43 heavy (non-hydrogen) atoms. The lowest BCUT2D eigenvalue weighted by Crippen LogP contribution is -2.62. The Labute approximate surface area is 241 Å². The number of hydrogen-bond donors (Lipinski definition) is 11. The zero-order valence-corrected chi connectivity index (χ0v) is 22.0. The molecule has 234 valence electrons. The Morgan fingerprint density at radius 1 is 0.698 bits per heavy atom. The van der Waals surface area contributed by atoms with Crippen molar-refractivity contribution in [2.45, 2.75) is 61.2 Å². The van der Waals surface area contributed by atoms with Gasteiger partial charge in [0, 0.05) is 17.7 Å². The zero-order chi connectivity index (χ0) is 31.3. The summed E-state index contributed by atoms with van der Waals surface area (Å²) >= 11 is 0. The predicted octanol–water partition coefficient (Wildman–Crippen LogP) is -2.38. The Kier molecular flexibility index (Phi) is 8.52. The molecule has 16 nitrogen and oxygen atoms in total. The van der Waals surface area contributed by atoms with Crippen molar-refractivity contribution >= 4 is 11.0 Å². The van der Waals surface area contributed by atoms with Gasteiger partial charge in [-0.3, -0.25) is 4.79 Å². The van der Waals surface area contributed by atoms with Crippen molar-refractivity contribution in [3.8, 4) is 34.3 Å². The minimum atomic E-state index is -1.95. The van der Waals surface area contributed by atoms with Gasteiger partial charge in [-0.05, 0) is 18.2 Å². The molecule has 0 aliphatic carbocycles. The summed E-state index contributed by atoms with van der Waals surface area (Å²) in [6.45, 7) is -1.66. The quantitative estimate of drug-likeness (QED) is 0.130. The molecular weight excluding hydrogens is 580 g/mol. The molecule has 0 bridgehead atoms. The van der Waals surface area contributed by atoms with Gasteiger partial charge in [-0.2, -0.15) is 0 Å². The molecule has 0 saturated carbocycles. The Bertz CT molecular complexity index is 1540. The fourth-order valence-corrected chi connectivity index (χ4v) is 5.22. The van der Waals surface area contributed by atoms with E-state index in [0.29, 0.717) is 0 Å². The molecule has 3 aromatic rings. The van der Waals surface area contributed by atoms with Gasteiger partial charge < -0.3 is 74.8 Å². The molecular formula is C27H30O16. The molecule has 10 atom stereocenters. The topological polar surface area (TPSA) is 280 Å². The number of rotatable bonds is 6. The van der Waals surface area contributed by atoms with Crippen molar-refractivity contribution in [2.75, 3.05) is 13.2 Å². The molecule has 2 aliphatic heterocycles. The Hall–Kier alpha value is -3.55. The lowest BCUT2D eigenvalue weighted by molar-refractivity contribution is -0.342. The van der Waals surface area contributed by atoms with Gasteiger partial charge in [0.2, 0.25) is 0 Å². The van der Waals surface area contributed by atoms with Crippen LogP contribution in [0.15, 0.2) is 39.5 Å². The van der Waals surface area contributed by atoms with E-state index >= 15 is 0 Å². The van der Waals surface area contributed by atoms with Crippen molar-refractivity contribution < 1.29 is 74.8 Å². The monoisotopic (exact) mass is 610 g/mol. The van der Waals surface area contributed by atoms with E-state index in [-0.39, 0.29) is 11.3 Å². The standard InChI is InChI=1S/C27H30O16/c28-6-15-20(36)22(38)26(43-27-23(39)21(37)19(35)16(7-29)42-27)25(41-15)18-12(33)4-11(32)17-13(34)5-14(40-24(17)18)8-1-2-9(30)10(31)3-8/h1-5,15-16,19-23,25-33,35-39H,6-7H2/t15-,16+,19-,20-,21-,22+,23+,25+,26-,27+/m0/s1. The highest BCUT2D eigenvalue weighted by Crippen LogP contribution is 2.45. The highest BCUT2D eigenvalue weighted by Gasteiger charge is 2.52. The van der Waals surface area contributed by atoms with Crippen LogP contribution in [0.2, 0.25) is 0 Å². The number of aromatic hydroxyl groups is 4. The molecule has 2 saturated heterocycles. The maximum Gasteiger partial charge on any atom is 0.197 e. The van der Waals surface area contributed by atoms with Crippen molar-refractivity contribution in [3.05, 3.63) is 46.1 Å². The van der Waals surface area contributed by atoms with Gasteiger partial charge in [0.1, 0.15) is 77.6 Å². The first-order chi connectivity index (χ1) is 20.4. The maximum absolute atomic E-state index is 13.2. The van der Waals surface area contributed by atoms with Gasteiger partial charge in [-0.1, -0.05) is 0 Å². The molecule has 0 spiro atoms. The Balaban J connectivity index is 1.67. The van der Waals surface area contributed by atoms with Gasteiger partial charge in [-0.25, -0.2) is 0 Å². The van der Waals surface area contributed by atoms with E-state index < -0.39 is 119 Å². The summed E-state index contributed by atoms with van der Waals surface area (Å²) < 4.78 is 22.7. The molecule has 11 N–H and O–H groups in total. The zero-order valence-electron chi connectivity index (χ0n) is 22.0. The van der Waals surface area contributed by atoms with Crippen LogP contribution < -0.4 is 5.43 Å². The fraction of sp³-hybridized carbons (Fsp3) is 0.444. The number of phenols is 4. The first-order valence-corrected chi connectivity index (χ1v) is 13.0. The molecule has 0 unspecified atom stereocenters. The first kappa shape index (κ1) is 30.9. The summed E-state index contributed by atoms with van der Waals surface area (Å²) in [6, 6.07) is 5.24. The average molecular weight is 611 g/mol. The number of aliphatic hydroxyl groups excluding tert-OH is 7. The molecule has 3 heterocycles. The van der Waals surface area contributed by atoms with Crippen LogP contribution in [0.3, 0.4) is 0 Å². The van der Waals surface area contributed by atoms with Gasteiger partial charge in [-0.15, -0.1) is 0 Å². The van der Waals surface area contributed by atoms with Crippen molar-refractivity contribution in [1.29, 1.82) is 0 Å². The van der Waals surface area contributed by atoms with Crippen LogP contribution in [0, 0.1) is 0 Å². The molecule has 2 aliphatic rings. The largest absolute Gasteiger partial charge is 0.507 e. The van der Waals surface area contributed by atoms with Gasteiger partial charge in [0.15, 0.2) is 28.8 Å². The number of benzene rings is 2. The molecule has 0 radical (unpaired) electrons. The lowest BCUT2D eigenvalue weighted by Gasteiger charge is -2.46. The van der Waals surface area contributed by atoms with Crippen LogP contribution in [0.4, 0.5) is 0 Å². The van der Waals surface area contributed by atoms with Crippen LogP contribution >= 0.6 is 0 Å². The SMILES string of the molecule is O=c1cc(-c2ccc(O)c(O)c2)oc2c([C@H]3O[C@@H](CO)[C@H](O)[C@@H](O)[C@@H]3O[C@H]3O[C@H](CO)[C@H](O)[C@H](O)[C@H]3O)c(O)cc(O)c12. The second-order valence-electron chi connectivity index (χ2n) is 10.3. The number of ether oxygens (including phenoxy) is 3. The van der Waals surface area contributed by atoms with E-state index in [4.69, 9.17) is 18.6 Å². The van der Waals surface area contributed by atoms with Crippen molar-refractivity contribution in [3.63, 3.8) is 0 Å². The van der Waals surface area contributed by atoms with Gasteiger partial charge >= 0.3 is 0 Å². The summed E-state index contributed by atoms with van der Waals surface area (Å²) in [6.07, 6.45) is -17.7. The van der Waals surface area contributed by atoms with Crippen LogP contribution in [-0.4, -0.2) is 125 Å². The second kappa shape index (κ2) is 11.9. The highest BCUT2D eigenvalue weighted by atomic mass is 16.7. The number of fused-ring (bicyclic) bond motifs is 1. The van der Waals surface area contributed by atoms with E-state index in [9.17, 15) is 61.0 Å². The Morgan fingerprint density at radius 3 is 2.00 bits per heavy atom. The number of hydrogen-bond acceptors (Lipinski definition) is 16. The van der Waals surface area contributed by atoms with E-state index in [1.165, 1.54) is 6.07 Å². The molecule has 0 amide bonds. The van der Waals surface area contributed by atoms with E-state index in [0.717, 1.165) is 24.3 Å². The molecule has 5 rings (SSSR count). The summed E-state index contributed by atoms with van der Waals surface area (Å²) in [5.74, 6) is -2.70. The minimum absolute atomic E-state index is 0.0884. The third-order valence-corrected chi connectivity index (χ3v) is 7.55. The van der Waals surface area contributed by atoms with E-state index in [2.05, 4.69) is 0 Å². The fourth-order valence-electron chi connectivity index (χ4n) is 5.22. The summed E-state index contributed by atoms with van der Waals surface area (Å²) in [5, 5.41) is 113. The predicted molar refractivity (Wildman–Crippen MR) is 140 cm³/mol. The van der Waals surface area contributed by atoms with Crippen LogP contribution in [0.5, 0.6) is 23.0 Å². The van der Waals surface area contributed by atoms with E-state index in [1.807, 2.05) is 0 Å². The molecule has 2 fully saturated rings. The van der Waals surface area contributed by atoms with Crippen LogP contribution in [0.25, 0.3) is 22.3 Å². The van der Waals surface area contributed by atoms with Crippen LogP contribution in [0.1, 0.15) is 11.7 Å². The van der Waals surface area contributed by atoms with Crippen LogP contribution in [-0.2, 0) is 14.2 Å². The molecule has 16 heteroatoms. The van der Waals surface area contributed by atoms with Gasteiger partial charge in [0.05, 0.1) is 18.8 Å². The Morgan fingerprint density at radius 2 is 1.35 bits per heavy atom. The average Bonchev–Trinajstić information content (AvgIpc) is 2.97. The number of phenolic OH excluding ortho intramolecular Hbond substituents is 4. The van der Waals surface area contributed by atoms with Crippen molar-refractivity contribution in [1.82, 2.24) is 0 Å². The molecule has 2 aromatic carbocycles. The number of aliphatic hydroxyl groups is 7. The highest BCUT2D eigenvalue weighted by molar-refractivity contribution is 5.89.